The van der Waals surface area contributed by atoms with Crippen molar-refractivity contribution in [3.05, 3.63) is 0 Å². The van der Waals surface area contributed by atoms with Crippen molar-refractivity contribution in [2.45, 2.75) is 50.7 Å². The normalized spacial score (nSPS) is 31.8. The topological polar surface area (TPSA) is 50.4 Å². The second-order valence-electron chi connectivity index (χ2n) is 4.96. The summed E-state index contributed by atoms with van der Waals surface area (Å²) in [6.45, 7) is 2.35. The van der Waals surface area contributed by atoms with Crippen LogP contribution in [0.2, 0.25) is 0 Å². The van der Waals surface area contributed by atoms with Gasteiger partial charge in [0.1, 0.15) is 6.29 Å². The van der Waals surface area contributed by atoms with Gasteiger partial charge in [-0.1, -0.05) is 0 Å². The molecule has 0 radical (unpaired) electrons. The van der Waals surface area contributed by atoms with E-state index < -0.39 is 0 Å². The fourth-order valence-electron chi connectivity index (χ4n) is 2.64. The van der Waals surface area contributed by atoms with Gasteiger partial charge in [0.25, 0.3) is 0 Å². The molecule has 4 nitrogen and oxygen atoms in total. The zero-order chi connectivity index (χ0) is 11.2. The summed E-state index contributed by atoms with van der Waals surface area (Å²) in [7, 11) is 0. The van der Waals surface area contributed by atoms with E-state index in [2.05, 4.69) is 10.8 Å². The minimum absolute atomic E-state index is 0.107. The smallest absolute Gasteiger partial charge is 0.122 e. The number of carbonyl (C=O) groups is 1. The van der Waals surface area contributed by atoms with Gasteiger partial charge in [0.2, 0.25) is 0 Å². The van der Waals surface area contributed by atoms with Crippen LogP contribution in [0.15, 0.2) is 0 Å². The summed E-state index contributed by atoms with van der Waals surface area (Å²) in [5.74, 6) is 0.883. The first-order valence-electron chi connectivity index (χ1n) is 6.44. The average molecular weight is 226 g/mol. The lowest BCUT2D eigenvalue weighted by Crippen LogP contribution is -2.29. The zero-order valence-electron chi connectivity index (χ0n) is 9.78. The molecule has 0 amide bonds. The molecule has 2 heterocycles. The highest BCUT2D eigenvalue weighted by molar-refractivity contribution is 5.50. The Morgan fingerprint density at radius 3 is 2.81 bits per heavy atom. The monoisotopic (exact) mass is 226 g/mol. The van der Waals surface area contributed by atoms with Gasteiger partial charge >= 0.3 is 0 Å². The summed E-state index contributed by atoms with van der Waals surface area (Å²) in [6, 6.07) is 0.458. The van der Waals surface area contributed by atoms with Gasteiger partial charge < -0.3 is 10.1 Å². The summed E-state index contributed by atoms with van der Waals surface area (Å²) in [6.07, 6.45) is 7.66. The Labute approximate surface area is 97.1 Å². The van der Waals surface area contributed by atoms with Crippen LogP contribution in [-0.4, -0.2) is 31.5 Å². The van der Waals surface area contributed by atoms with E-state index in [-0.39, 0.29) is 6.10 Å². The molecular weight excluding hydrogens is 204 g/mol. The third kappa shape index (κ3) is 3.54. The lowest BCUT2D eigenvalue weighted by molar-refractivity contribution is -0.110. The van der Waals surface area contributed by atoms with Crippen molar-refractivity contribution < 1.29 is 9.63 Å². The van der Waals surface area contributed by atoms with Gasteiger partial charge in [-0.05, 0) is 51.1 Å². The van der Waals surface area contributed by atoms with E-state index in [4.69, 9.17) is 4.84 Å². The van der Waals surface area contributed by atoms with Crippen LogP contribution in [0.25, 0.3) is 0 Å². The van der Waals surface area contributed by atoms with Gasteiger partial charge in [0, 0.05) is 12.5 Å². The highest BCUT2D eigenvalue weighted by Gasteiger charge is 2.25. The van der Waals surface area contributed by atoms with E-state index in [1.807, 2.05) is 0 Å². The molecule has 0 aliphatic carbocycles. The molecule has 0 spiro atoms. The molecular formula is C12H22N2O2. The van der Waals surface area contributed by atoms with E-state index in [9.17, 15) is 4.79 Å². The van der Waals surface area contributed by atoms with Crippen molar-refractivity contribution in [3.63, 3.8) is 0 Å². The predicted octanol–water partition coefficient (Wildman–Crippen LogP) is 1.02. The van der Waals surface area contributed by atoms with Crippen LogP contribution in [0, 0.1) is 5.92 Å². The van der Waals surface area contributed by atoms with Crippen molar-refractivity contribution in [3.8, 4) is 0 Å². The third-order valence-corrected chi connectivity index (χ3v) is 3.69. The summed E-state index contributed by atoms with van der Waals surface area (Å²) in [4.78, 5) is 15.7. The molecule has 0 aromatic rings. The van der Waals surface area contributed by atoms with Crippen molar-refractivity contribution in [2.75, 3.05) is 13.1 Å². The maximum absolute atomic E-state index is 10.4. The molecule has 0 aromatic heterocycles. The molecule has 0 unspecified atom stereocenters. The van der Waals surface area contributed by atoms with E-state index >= 15 is 0 Å². The fraction of sp³-hybridized carbons (Fsp3) is 0.917. The number of hydrogen-bond donors (Lipinski definition) is 2. The second kappa shape index (κ2) is 6.33. The molecule has 2 rings (SSSR count). The molecule has 0 aromatic carbocycles. The van der Waals surface area contributed by atoms with Gasteiger partial charge in [-0.25, -0.2) is 0 Å². The van der Waals surface area contributed by atoms with Gasteiger partial charge in [-0.15, -0.1) is 0 Å². The minimum atomic E-state index is 0.107. The Bertz CT molecular complexity index is 217. The summed E-state index contributed by atoms with van der Waals surface area (Å²) in [5, 5.41) is 3.39. The minimum Gasteiger partial charge on any atom is -0.317 e. The number of carbonyl (C=O) groups excluding carboxylic acids is 1. The fourth-order valence-corrected chi connectivity index (χ4v) is 2.64. The molecule has 16 heavy (non-hydrogen) atoms. The van der Waals surface area contributed by atoms with E-state index in [1.165, 1.54) is 38.8 Å². The van der Waals surface area contributed by atoms with Gasteiger partial charge in [-0.3, -0.25) is 4.84 Å². The average Bonchev–Trinajstić information content (AvgIpc) is 2.76. The van der Waals surface area contributed by atoms with Crippen molar-refractivity contribution in [1.29, 1.82) is 0 Å². The molecule has 2 aliphatic heterocycles. The number of rotatable bonds is 5. The molecule has 2 aliphatic rings. The number of nitrogens with one attached hydrogen (secondary N) is 2. The van der Waals surface area contributed by atoms with E-state index in [0.29, 0.717) is 12.5 Å². The third-order valence-electron chi connectivity index (χ3n) is 3.69. The number of aldehydes is 1. The molecule has 0 bridgehead atoms. The largest absolute Gasteiger partial charge is 0.317 e. The van der Waals surface area contributed by atoms with Crippen molar-refractivity contribution in [2.24, 2.45) is 5.92 Å². The molecule has 2 saturated heterocycles. The number of hydroxylamine groups is 1. The van der Waals surface area contributed by atoms with E-state index in [1.54, 1.807) is 0 Å². The molecule has 2 fully saturated rings. The van der Waals surface area contributed by atoms with Crippen LogP contribution in [0.3, 0.4) is 0 Å². The quantitative estimate of drug-likeness (QED) is 0.687. The van der Waals surface area contributed by atoms with Gasteiger partial charge in [0.05, 0.1) is 6.10 Å². The lowest BCUT2D eigenvalue weighted by atomic mass is 9.90. The lowest BCUT2D eigenvalue weighted by Gasteiger charge is -2.23. The van der Waals surface area contributed by atoms with Gasteiger partial charge in [0.15, 0.2) is 0 Å². The Balaban J connectivity index is 1.61. The molecule has 2 atom stereocenters. The number of piperidine rings is 1. The van der Waals surface area contributed by atoms with Crippen LogP contribution >= 0.6 is 0 Å². The predicted molar refractivity (Wildman–Crippen MR) is 61.9 cm³/mol. The van der Waals surface area contributed by atoms with E-state index in [0.717, 1.165) is 18.6 Å². The van der Waals surface area contributed by atoms with Crippen molar-refractivity contribution >= 4 is 6.29 Å². The summed E-state index contributed by atoms with van der Waals surface area (Å²) in [5.41, 5.74) is 3.06. The first-order chi connectivity index (χ1) is 7.88. The Hall–Kier alpha value is -0.450. The highest BCUT2D eigenvalue weighted by Crippen LogP contribution is 2.23. The standard InChI is InChI=1S/C12H22N2O2/c15-8-5-12-9-11(14-16-12)2-1-10-3-6-13-7-4-10/h8,10-14H,1-7,9H2/t11-,12+/m0/s1. The van der Waals surface area contributed by atoms with Crippen LogP contribution in [0.5, 0.6) is 0 Å². The van der Waals surface area contributed by atoms with Crippen molar-refractivity contribution in [1.82, 2.24) is 10.8 Å². The Kier molecular flexibility index (Phi) is 4.75. The summed E-state index contributed by atoms with van der Waals surface area (Å²) < 4.78 is 0. The van der Waals surface area contributed by atoms with Gasteiger partial charge in [-0.2, -0.15) is 5.48 Å². The molecule has 92 valence electrons. The SMILES string of the molecule is O=CC[C@@H]1C[C@H](CCC2CCNCC2)NO1. The second-order valence-corrected chi connectivity index (χ2v) is 4.96. The molecule has 4 heteroatoms. The summed E-state index contributed by atoms with van der Waals surface area (Å²) >= 11 is 0. The molecule has 2 N–H and O–H groups in total. The van der Waals surface area contributed by atoms with Crippen LogP contribution in [-0.2, 0) is 9.63 Å². The maximum Gasteiger partial charge on any atom is 0.122 e. The first kappa shape index (κ1) is 12.0. The van der Waals surface area contributed by atoms with Crippen LogP contribution in [0.1, 0.15) is 38.5 Å². The highest BCUT2D eigenvalue weighted by atomic mass is 16.7. The number of hydrogen-bond acceptors (Lipinski definition) is 4. The van der Waals surface area contributed by atoms with Crippen LogP contribution in [0.4, 0.5) is 0 Å². The molecule has 0 saturated carbocycles. The zero-order valence-corrected chi connectivity index (χ0v) is 9.78. The first-order valence-corrected chi connectivity index (χ1v) is 6.44. The Morgan fingerprint density at radius 1 is 1.25 bits per heavy atom. The van der Waals surface area contributed by atoms with Crippen LogP contribution < -0.4 is 10.8 Å². The Morgan fingerprint density at radius 2 is 2.06 bits per heavy atom. The maximum atomic E-state index is 10.4.